The molecule has 6 aromatic rings. The average Bonchev–Trinajstić information content (AvgIpc) is 3.52. The normalized spacial score (nSPS) is 15.4. The number of hydrogen-bond acceptors (Lipinski definition) is 6. The SMILES string of the molecule is Cc1nn(-c2ccccc2)c2c1C(c1coc3ccc(Cl)cc3c1=O)N1C(=N2)N(Cc2ccccc2)c2ccccc21. The van der Waals surface area contributed by atoms with E-state index in [4.69, 9.17) is 26.1 Å². The molecular formula is C34H24ClN5O2. The molecule has 2 aliphatic heterocycles. The van der Waals surface area contributed by atoms with Crippen LogP contribution in [0.25, 0.3) is 16.7 Å². The van der Waals surface area contributed by atoms with Crippen LogP contribution in [0.15, 0.2) is 124 Å². The largest absolute Gasteiger partial charge is 0.464 e. The molecule has 4 heterocycles. The standard InChI is InChI=1S/C34H24ClN5O2/c1-21-30-31(26-20-42-29-17-16-23(35)18-25(29)32(26)41)39-28-15-9-8-14-27(28)38(19-22-10-4-2-5-11-22)34(39)36-33(30)40(37-21)24-12-6-3-7-13-24/h2-18,20,31H,19H2,1H3. The highest BCUT2D eigenvalue weighted by Crippen LogP contribution is 2.50. The van der Waals surface area contributed by atoms with E-state index < -0.39 is 6.04 Å². The molecule has 0 saturated carbocycles. The number of benzene rings is 4. The second kappa shape index (κ2) is 9.46. The van der Waals surface area contributed by atoms with Crippen molar-refractivity contribution in [1.82, 2.24) is 9.78 Å². The van der Waals surface area contributed by atoms with Crippen LogP contribution in [-0.2, 0) is 6.54 Å². The zero-order valence-electron chi connectivity index (χ0n) is 22.6. The number of anilines is 2. The van der Waals surface area contributed by atoms with Crippen molar-refractivity contribution in [1.29, 1.82) is 0 Å². The third kappa shape index (κ3) is 3.71. The van der Waals surface area contributed by atoms with Gasteiger partial charge in [-0.2, -0.15) is 10.1 Å². The number of aromatic nitrogens is 2. The summed E-state index contributed by atoms with van der Waals surface area (Å²) in [4.78, 5) is 23.9. The highest BCUT2D eigenvalue weighted by Gasteiger charge is 2.45. The molecule has 8 heteroatoms. The van der Waals surface area contributed by atoms with Crippen molar-refractivity contribution in [2.75, 3.05) is 9.80 Å². The van der Waals surface area contributed by atoms with Crippen molar-refractivity contribution in [2.24, 2.45) is 4.99 Å². The molecular weight excluding hydrogens is 546 g/mol. The van der Waals surface area contributed by atoms with Crippen molar-refractivity contribution >= 4 is 45.7 Å². The van der Waals surface area contributed by atoms with Crippen LogP contribution in [0.5, 0.6) is 0 Å². The first kappa shape index (κ1) is 24.6. The molecule has 2 aliphatic rings. The Morgan fingerprint density at radius 1 is 0.881 bits per heavy atom. The van der Waals surface area contributed by atoms with Gasteiger partial charge < -0.3 is 9.32 Å². The Morgan fingerprint density at radius 3 is 2.38 bits per heavy atom. The van der Waals surface area contributed by atoms with Crippen LogP contribution < -0.4 is 15.2 Å². The van der Waals surface area contributed by atoms with Crippen LogP contribution in [0.1, 0.15) is 28.4 Å². The predicted octanol–water partition coefficient (Wildman–Crippen LogP) is 7.56. The fourth-order valence-electron chi connectivity index (χ4n) is 6.06. The number of halogens is 1. The molecule has 2 aromatic heterocycles. The van der Waals surface area contributed by atoms with Gasteiger partial charge in [-0.05, 0) is 55.0 Å². The lowest BCUT2D eigenvalue weighted by Crippen LogP contribution is -2.44. The molecule has 42 heavy (non-hydrogen) atoms. The van der Waals surface area contributed by atoms with Gasteiger partial charge in [-0.1, -0.05) is 72.3 Å². The Hall–Kier alpha value is -5.14. The second-order valence-corrected chi connectivity index (χ2v) is 10.9. The molecule has 8 rings (SSSR count). The van der Waals surface area contributed by atoms with Gasteiger partial charge in [0.05, 0.1) is 46.3 Å². The van der Waals surface area contributed by atoms with Crippen molar-refractivity contribution < 1.29 is 4.42 Å². The molecule has 1 atom stereocenters. The van der Waals surface area contributed by atoms with E-state index in [1.54, 1.807) is 24.5 Å². The molecule has 0 N–H and O–H groups in total. The van der Waals surface area contributed by atoms with E-state index in [2.05, 4.69) is 34.1 Å². The van der Waals surface area contributed by atoms with Crippen molar-refractivity contribution in [2.45, 2.75) is 19.5 Å². The summed E-state index contributed by atoms with van der Waals surface area (Å²) in [5.74, 6) is 1.41. The highest BCUT2D eigenvalue weighted by atomic mass is 35.5. The zero-order valence-corrected chi connectivity index (χ0v) is 23.4. The number of fused-ring (bicyclic) bond motifs is 5. The zero-order chi connectivity index (χ0) is 28.4. The third-order valence-electron chi connectivity index (χ3n) is 7.95. The topological polar surface area (TPSA) is 66.9 Å². The molecule has 1 unspecified atom stereocenters. The van der Waals surface area contributed by atoms with Gasteiger partial charge in [-0.15, -0.1) is 0 Å². The summed E-state index contributed by atoms with van der Waals surface area (Å²) in [6, 6.07) is 33.1. The molecule has 0 aliphatic carbocycles. The summed E-state index contributed by atoms with van der Waals surface area (Å²) in [5, 5.41) is 5.86. The predicted molar refractivity (Wildman–Crippen MR) is 166 cm³/mol. The second-order valence-electron chi connectivity index (χ2n) is 10.5. The van der Waals surface area contributed by atoms with E-state index in [1.807, 2.05) is 72.3 Å². The number of aryl methyl sites for hydroxylation is 1. The summed E-state index contributed by atoms with van der Waals surface area (Å²) in [7, 11) is 0. The molecule has 0 fully saturated rings. The van der Waals surface area contributed by atoms with Gasteiger partial charge in [0.2, 0.25) is 5.96 Å². The van der Waals surface area contributed by atoms with Gasteiger partial charge >= 0.3 is 0 Å². The maximum absolute atomic E-state index is 14.2. The van der Waals surface area contributed by atoms with Gasteiger partial charge in [0.1, 0.15) is 11.8 Å². The monoisotopic (exact) mass is 569 g/mol. The van der Waals surface area contributed by atoms with E-state index in [9.17, 15) is 4.79 Å². The molecule has 204 valence electrons. The lowest BCUT2D eigenvalue weighted by Gasteiger charge is -2.34. The fourth-order valence-corrected chi connectivity index (χ4v) is 6.23. The summed E-state index contributed by atoms with van der Waals surface area (Å²) in [6.07, 6.45) is 1.58. The van der Waals surface area contributed by atoms with E-state index in [0.717, 1.165) is 39.8 Å². The van der Waals surface area contributed by atoms with E-state index in [-0.39, 0.29) is 5.43 Å². The smallest absolute Gasteiger partial charge is 0.213 e. The quantitative estimate of drug-likeness (QED) is 0.219. The summed E-state index contributed by atoms with van der Waals surface area (Å²) >= 11 is 6.33. The number of hydrogen-bond donors (Lipinski definition) is 0. The van der Waals surface area contributed by atoms with Crippen molar-refractivity contribution in [3.8, 4) is 5.69 Å². The summed E-state index contributed by atoms with van der Waals surface area (Å²) < 4.78 is 7.94. The lowest BCUT2D eigenvalue weighted by molar-refractivity contribution is 0.585. The molecule has 0 spiro atoms. The number of nitrogens with zero attached hydrogens (tertiary/aromatic N) is 5. The number of para-hydroxylation sites is 3. The average molecular weight is 570 g/mol. The minimum Gasteiger partial charge on any atom is -0.464 e. The first-order valence-corrected chi connectivity index (χ1v) is 14.1. The minimum absolute atomic E-state index is 0.137. The van der Waals surface area contributed by atoms with Crippen LogP contribution in [0.2, 0.25) is 5.02 Å². The van der Waals surface area contributed by atoms with E-state index >= 15 is 0 Å². The van der Waals surface area contributed by atoms with Crippen molar-refractivity contribution in [3.05, 3.63) is 147 Å². The van der Waals surface area contributed by atoms with Crippen LogP contribution in [0, 0.1) is 6.92 Å². The number of guanidine groups is 1. The Morgan fingerprint density at radius 2 is 1.60 bits per heavy atom. The molecule has 4 aromatic carbocycles. The third-order valence-corrected chi connectivity index (χ3v) is 8.18. The van der Waals surface area contributed by atoms with Crippen LogP contribution >= 0.6 is 11.6 Å². The first-order chi connectivity index (χ1) is 20.6. The summed E-state index contributed by atoms with van der Waals surface area (Å²) in [6.45, 7) is 2.57. The molecule has 0 radical (unpaired) electrons. The number of aliphatic imine (C=N–C) groups is 1. The van der Waals surface area contributed by atoms with Gasteiger partial charge in [0.25, 0.3) is 0 Å². The highest BCUT2D eigenvalue weighted by molar-refractivity contribution is 6.31. The van der Waals surface area contributed by atoms with Gasteiger partial charge in [-0.3, -0.25) is 9.69 Å². The molecule has 0 amide bonds. The van der Waals surface area contributed by atoms with Gasteiger partial charge in [0, 0.05) is 10.6 Å². The van der Waals surface area contributed by atoms with Crippen LogP contribution in [0.4, 0.5) is 17.2 Å². The first-order valence-electron chi connectivity index (χ1n) is 13.7. The van der Waals surface area contributed by atoms with E-state index in [0.29, 0.717) is 33.9 Å². The van der Waals surface area contributed by atoms with Gasteiger partial charge in [-0.25, -0.2) is 4.68 Å². The molecule has 0 bridgehead atoms. The van der Waals surface area contributed by atoms with Gasteiger partial charge in [0.15, 0.2) is 11.2 Å². The summed E-state index contributed by atoms with van der Waals surface area (Å²) in [5.41, 5.74) is 6.49. The lowest BCUT2D eigenvalue weighted by atomic mass is 9.95. The Kier molecular flexibility index (Phi) is 5.55. The molecule has 7 nitrogen and oxygen atoms in total. The molecule has 0 saturated heterocycles. The Bertz CT molecular complexity index is 2080. The number of rotatable bonds is 4. The Labute approximate surface area is 246 Å². The minimum atomic E-state index is -0.536. The fraction of sp³-hybridized carbons (Fsp3) is 0.0882. The maximum Gasteiger partial charge on any atom is 0.213 e. The maximum atomic E-state index is 14.2. The van der Waals surface area contributed by atoms with Crippen LogP contribution in [-0.4, -0.2) is 15.7 Å². The Balaban J connectivity index is 1.42. The van der Waals surface area contributed by atoms with E-state index in [1.165, 1.54) is 0 Å². The van der Waals surface area contributed by atoms with Crippen LogP contribution in [0.3, 0.4) is 0 Å². The van der Waals surface area contributed by atoms with Crippen molar-refractivity contribution in [3.63, 3.8) is 0 Å².